The Balaban J connectivity index is 2.76. The highest BCUT2D eigenvalue weighted by molar-refractivity contribution is 7.07. The summed E-state index contributed by atoms with van der Waals surface area (Å²) in [6, 6.07) is 4.09. The SMILES string of the molecule is CC(C)(C)c1ccc(-c2cs[c]n2)c(C(C)(C)C)c1O. The fourth-order valence-electron chi connectivity index (χ4n) is 2.48. The highest BCUT2D eigenvalue weighted by Crippen LogP contribution is 2.43. The average Bonchev–Trinajstić information content (AvgIpc) is 2.77. The minimum atomic E-state index is -0.149. The van der Waals surface area contributed by atoms with Crippen LogP contribution >= 0.6 is 11.3 Å². The zero-order valence-corrected chi connectivity index (χ0v) is 13.9. The molecule has 1 heterocycles. The third-order valence-electron chi connectivity index (χ3n) is 3.40. The first kappa shape index (κ1) is 15.0. The number of hydrogen-bond donors (Lipinski definition) is 1. The van der Waals surface area contributed by atoms with Gasteiger partial charge in [0.15, 0.2) is 5.51 Å². The van der Waals surface area contributed by atoms with E-state index in [4.69, 9.17) is 0 Å². The molecule has 1 radical (unpaired) electrons. The summed E-state index contributed by atoms with van der Waals surface area (Å²) in [7, 11) is 0. The van der Waals surface area contributed by atoms with Crippen LogP contribution in [0.25, 0.3) is 11.3 Å². The van der Waals surface area contributed by atoms with Crippen molar-refractivity contribution < 1.29 is 5.11 Å². The van der Waals surface area contributed by atoms with Crippen LogP contribution in [0.5, 0.6) is 5.75 Å². The molecule has 107 valence electrons. The molecule has 0 unspecified atom stereocenters. The third-order valence-corrected chi connectivity index (χ3v) is 3.94. The van der Waals surface area contributed by atoms with Crippen LogP contribution in [0, 0.1) is 5.51 Å². The minimum Gasteiger partial charge on any atom is -0.507 e. The smallest absolute Gasteiger partial charge is 0.152 e. The molecule has 1 N–H and O–H groups in total. The van der Waals surface area contributed by atoms with Gasteiger partial charge in [-0.25, -0.2) is 4.98 Å². The van der Waals surface area contributed by atoms with Crippen LogP contribution in [-0.4, -0.2) is 10.1 Å². The van der Waals surface area contributed by atoms with Gasteiger partial charge < -0.3 is 5.11 Å². The average molecular weight is 288 g/mol. The highest BCUT2D eigenvalue weighted by Gasteiger charge is 2.28. The van der Waals surface area contributed by atoms with Gasteiger partial charge in [0.1, 0.15) is 5.75 Å². The van der Waals surface area contributed by atoms with E-state index in [-0.39, 0.29) is 10.8 Å². The summed E-state index contributed by atoms with van der Waals surface area (Å²) in [5.74, 6) is 0.399. The lowest BCUT2D eigenvalue weighted by molar-refractivity contribution is 0.424. The lowest BCUT2D eigenvalue weighted by Crippen LogP contribution is -2.18. The van der Waals surface area contributed by atoms with Crippen LogP contribution in [-0.2, 0) is 10.8 Å². The number of rotatable bonds is 1. The van der Waals surface area contributed by atoms with E-state index in [1.54, 1.807) is 0 Å². The maximum atomic E-state index is 10.8. The van der Waals surface area contributed by atoms with Crippen molar-refractivity contribution in [2.75, 3.05) is 0 Å². The second kappa shape index (κ2) is 4.88. The first-order chi connectivity index (χ1) is 9.12. The van der Waals surface area contributed by atoms with Gasteiger partial charge in [0.25, 0.3) is 0 Å². The second-order valence-corrected chi connectivity index (χ2v) is 7.86. The molecule has 0 spiro atoms. The minimum absolute atomic E-state index is 0.0865. The van der Waals surface area contributed by atoms with Crippen LogP contribution in [0.4, 0.5) is 0 Å². The standard InChI is InChI=1S/C17H22NOS/c1-16(2,3)12-8-7-11(13-9-20-10-18-13)14(15(12)19)17(4,5)6/h7-9,19H,1-6H3. The van der Waals surface area contributed by atoms with Crippen LogP contribution in [0.2, 0.25) is 0 Å². The maximum absolute atomic E-state index is 10.8. The summed E-state index contributed by atoms with van der Waals surface area (Å²) in [4.78, 5) is 4.28. The molecule has 2 aromatic rings. The molecule has 20 heavy (non-hydrogen) atoms. The summed E-state index contributed by atoms with van der Waals surface area (Å²) in [5.41, 5.74) is 6.47. The Morgan fingerprint density at radius 1 is 1.05 bits per heavy atom. The fraction of sp³-hybridized carbons (Fsp3) is 0.471. The number of benzene rings is 1. The van der Waals surface area contributed by atoms with E-state index < -0.39 is 0 Å². The monoisotopic (exact) mass is 288 g/mol. The van der Waals surface area contributed by atoms with Crippen LogP contribution in [0.3, 0.4) is 0 Å². The lowest BCUT2D eigenvalue weighted by Gasteiger charge is -2.29. The Labute approximate surface area is 125 Å². The predicted molar refractivity (Wildman–Crippen MR) is 85.5 cm³/mol. The topological polar surface area (TPSA) is 33.1 Å². The zero-order valence-electron chi connectivity index (χ0n) is 13.0. The molecular weight excluding hydrogens is 266 g/mol. The predicted octanol–water partition coefficient (Wildman–Crippen LogP) is 4.91. The van der Waals surface area contributed by atoms with Gasteiger partial charge in [0, 0.05) is 16.5 Å². The Kier molecular flexibility index (Phi) is 3.67. The summed E-state index contributed by atoms with van der Waals surface area (Å²) in [5, 5.41) is 12.8. The van der Waals surface area contributed by atoms with E-state index >= 15 is 0 Å². The molecule has 0 amide bonds. The molecule has 0 fully saturated rings. The third kappa shape index (κ3) is 2.73. The molecular formula is C17H22NOS. The number of phenols is 1. The normalized spacial score (nSPS) is 12.7. The van der Waals surface area contributed by atoms with Crippen molar-refractivity contribution in [2.24, 2.45) is 0 Å². The first-order valence-electron chi connectivity index (χ1n) is 6.81. The molecule has 0 atom stereocenters. The van der Waals surface area contributed by atoms with Gasteiger partial charge in [-0.05, 0) is 16.4 Å². The molecule has 2 rings (SSSR count). The molecule has 0 aliphatic carbocycles. The molecule has 0 aliphatic rings. The van der Waals surface area contributed by atoms with Gasteiger partial charge >= 0.3 is 0 Å². The van der Waals surface area contributed by atoms with Gasteiger partial charge in [-0.1, -0.05) is 53.7 Å². The van der Waals surface area contributed by atoms with E-state index in [9.17, 15) is 5.11 Å². The summed E-state index contributed by atoms with van der Waals surface area (Å²) in [6.07, 6.45) is 0. The second-order valence-electron chi connectivity index (χ2n) is 7.21. The van der Waals surface area contributed by atoms with Gasteiger partial charge in [-0.2, -0.15) is 0 Å². The van der Waals surface area contributed by atoms with E-state index in [1.807, 2.05) is 11.4 Å². The van der Waals surface area contributed by atoms with Crippen LogP contribution in [0.1, 0.15) is 52.7 Å². The van der Waals surface area contributed by atoms with Crippen molar-refractivity contribution in [3.63, 3.8) is 0 Å². The zero-order chi connectivity index (χ0) is 15.1. The van der Waals surface area contributed by atoms with Crippen molar-refractivity contribution >= 4 is 11.3 Å². The van der Waals surface area contributed by atoms with Gasteiger partial charge in [-0.15, -0.1) is 11.3 Å². The van der Waals surface area contributed by atoms with Crippen molar-refractivity contribution in [3.05, 3.63) is 34.2 Å². The van der Waals surface area contributed by atoms with Crippen molar-refractivity contribution in [3.8, 4) is 17.0 Å². The molecule has 3 heteroatoms. The quantitative estimate of drug-likeness (QED) is 0.808. The molecule has 0 aliphatic heterocycles. The molecule has 0 bridgehead atoms. The summed E-state index contributed by atoms with van der Waals surface area (Å²) in [6.45, 7) is 12.7. The van der Waals surface area contributed by atoms with Crippen LogP contribution in [0.15, 0.2) is 17.5 Å². The largest absolute Gasteiger partial charge is 0.507 e. The van der Waals surface area contributed by atoms with E-state index in [1.165, 1.54) is 11.3 Å². The van der Waals surface area contributed by atoms with Crippen LogP contribution < -0.4 is 0 Å². The molecule has 2 nitrogen and oxygen atoms in total. The number of aromatic hydroxyl groups is 1. The Morgan fingerprint density at radius 3 is 2.15 bits per heavy atom. The number of phenolic OH excluding ortho intramolecular Hbond substituents is 1. The molecule has 0 saturated heterocycles. The van der Waals surface area contributed by atoms with Gasteiger partial charge in [0.2, 0.25) is 0 Å². The molecule has 1 aromatic heterocycles. The number of thiazole rings is 1. The Morgan fingerprint density at radius 2 is 1.70 bits per heavy atom. The van der Waals surface area contributed by atoms with Gasteiger partial charge in [-0.3, -0.25) is 0 Å². The fourth-order valence-corrected chi connectivity index (χ4v) is 2.97. The van der Waals surface area contributed by atoms with Crippen molar-refractivity contribution in [1.29, 1.82) is 0 Å². The van der Waals surface area contributed by atoms with E-state index in [0.29, 0.717) is 5.75 Å². The van der Waals surface area contributed by atoms with Crippen molar-refractivity contribution in [2.45, 2.75) is 52.4 Å². The number of hydrogen-bond acceptors (Lipinski definition) is 3. The lowest BCUT2D eigenvalue weighted by atomic mass is 9.77. The van der Waals surface area contributed by atoms with Crippen molar-refractivity contribution in [1.82, 2.24) is 4.98 Å². The number of aromatic nitrogens is 1. The number of nitrogens with zero attached hydrogens (tertiary/aromatic N) is 1. The molecule has 1 aromatic carbocycles. The Hall–Kier alpha value is -1.35. The summed E-state index contributed by atoms with van der Waals surface area (Å²) < 4.78 is 0. The molecule has 0 saturated carbocycles. The summed E-state index contributed by atoms with van der Waals surface area (Å²) >= 11 is 1.45. The van der Waals surface area contributed by atoms with E-state index in [0.717, 1.165) is 22.4 Å². The van der Waals surface area contributed by atoms with Gasteiger partial charge in [0.05, 0.1) is 5.69 Å². The van der Waals surface area contributed by atoms with E-state index in [2.05, 4.69) is 58.1 Å². The maximum Gasteiger partial charge on any atom is 0.152 e. The highest BCUT2D eigenvalue weighted by atomic mass is 32.1. The first-order valence-corrected chi connectivity index (χ1v) is 7.69. The Bertz CT molecular complexity index is 601.